The van der Waals surface area contributed by atoms with E-state index in [4.69, 9.17) is 9.97 Å². The van der Waals surface area contributed by atoms with Gasteiger partial charge in [0.1, 0.15) is 5.82 Å². The van der Waals surface area contributed by atoms with Gasteiger partial charge in [-0.3, -0.25) is 4.79 Å². The van der Waals surface area contributed by atoms with Gasteiger partial charge in [0.2, 0.25) is 11.9 Å². The summed E-state index contributed by atoms with van der Waals surface area (Å²) in [4.78, 5) is 24.9. The number of rotatable bonds is 5. The lowest BCUT2D eigenvalue weighted by molar-refractivity contribution is -0.126. The molecule has 2 aliphatic carbocycles. The van der Waals surface area contributed by atoms with Crippen LogP contribution in [0.5, 0.6) is 0 Å². The number of para-hydroxylation sites is 1. The highest BCUT2D eigenvalue weighted by molar-refractivity contribution is 5.90. The lowest BCUT2D eigenvalue weighted by Gasteiger charge is -2.29. The van der Waals surface area contributed by atoms with Crippen molar-refractivity contribution < 1.29 is 4.79 Å². The van der Waals surface area contributed by atoms with E-state index in [1.807, 2.05) is 37.2 Å². The standard InChI is InChI=1S/C30H31N5O/c1-35(2)28-25-13-7-8-14-26(25)32-30(34-28)31-20-17-15-19(16-18-20)29(36)33-27-23-11-5-3-9-21(23)22-10-4-6-12-24(22)27/h3-14,19-20,27H,15-18H2,1-2H3,(H,33,36)(H,31,32,34). The minimum absolute atomic E-state index is 0.0258. The summed E-state index contributed by atoms with van der Waals surface area (Å²) in [5.74, 6) is 1.75. The Morgan fingerprint density at radius 2 is 1.42 bits per heavy atom. The molecule has 1 heterocycles. The first-order valence-corrected chi connectivity index (χ1v) is 12.8. The Morgan fingerprint density at radius 1 is 0.806 bits per heavy atom. The van der Waals surface area contributed by atoms with E-state index in [1.54, 1.807) is 0 Å². The Bertz CT molecular complexity index is 1380. The van der Waals surface area contributed by atoms with Crippen molar-refractivity contribution in [1.82, 2.24) is 15.3 Å². The molecule has 36 heavy (non-hydrogen) atoms. The summed E-state index contributed by atoms with van der Waals surface area (Å²) in [5.41, 5.74) is 5.75. The summed E-state index contributed by atoms with van der Waals surface area (Å²) in [5, 5.41) is 7.97. The van der Waals surface area contributed by atoms with Crippen molar-refractivity contribution >= 4 is 28.6 Å². The molecule has 0 aliphatic heterocycles. The molecular formula is C30H31N5O. The van der Waals surface area contributed by atoms with Gasteiger partial charge in [-0.05, 0) is 60.1 Å². The molecule has 0 radical (unpaired) electrons. The van der Waals surface area contributed by atoms with Gasteiger partial charge in [0.05, 0.1) is 11.6 Å². The lowest BCUT2D eigenvalue weighted by atomic mass is 9.85. The van der Waals surface area contributed by atoms with Gasteiger partial charge >= 0.3 is 0 Å². The number of hydrogen-bond donors (Lipinski definition) is 2. The Morgan fingerprint density at radius 3 is 2.08 bits per heavy atom. The molecule has 0 unspecified atom stereocenters. The minimum Gasteiger partial charge on any atom is -0.362 e. The third-order valence-corrected chi connectivity index (χ3v) is 7.56. The number of nitrogens with one attached hydrogen (secondary N) is 2. The van der Waals surface area contributed by atoms with Gasteiger partial charge in [0.15, 0.2) is 0 Å². The average Bonchev–Trinajstić information content (AvgIpc) is 3.22. The van der Waals surface area contributed by atoms with Gasteiger partial charge in [0.25, 0.3) is 0 Å². The normalized spacial score (nSPS) is 18.9. The van der Waals surface area contributed by atoms with Crippen LogP contribution in [-0.4, -0.2) is 36.0 Å². The maximum atomic E-state index is 13.3. The molecular weight excluding hydrogens is 446 g/mol. The summed E-state index contributed by atoms with van der Waals surface area (Å²) in [6.45, 7) is 0. The number of amides is 1. The summed E-state index contributed by atoms with van der Waals surface area (Å²) in [6, 6.07) is 25.1. The maximum Gasteiger partial charge on any atom is 0.225 e. The minimum atomic E-state index is -0.0730. The fourth-order valence-corrected chi connectivity index (χ4v) is 5.72. The van der Waals surface area contributed by atoms with Crippen LogP contribution < -0.4 is 15.5 Å². The van der Waals surface area contributed by atoms with Crippen LogP contribution in [0.3, 0.4) is 0 Å². The van der Waals surface area contributed by atoms with E-state index < -0.39 is 0 Å². The zero-order valence-electron chi connectivity index (χ0n) is 20.7. The predicted octanol–water partition coefficient (Wildman–Crippen LogP) is 5.55. The third-order valence-electron chi connectivity index (χ3n) is 7.56. The first-order chi connectivity index (χ1) is 17.6. The number of carbonyl (C=O) groups excluding carboxylic acids is 1. The van der Waals surface area contributed by atoms with E-state index in [9.17, 15) is 4.79 Å². The maximum absolute atomic E-state index is 13.3. The second-order valence-corrected chi connectivity index (χ2v) is 10.1. The van der Waals surface area contributed by atoms with Gasteiger partial charge in [-0.2, -0.15) is 4.98 Å². The molecule has 182 valence electrons. The van der Waals surface area contributed by atoms with E-state index in [2.05, 4.69) is 65.2 Å². The van der Waals surface area contributed by atoms with E-state index in [0.717, 1.165) is 42.4 Å². The van der Waals surface area contributed by atoms with Crippen molar-refractivity contribution in [2.45, 2.75) is 37.8 Å². The van der Waals surface area contributed by atoms with Gasteiger partial charge < -0.3 is 15.5 Å². The number of anilines is 2. The summed E-state index contributed by atoms with van der Waals surface area (Å²) < 4.78 is 0. The van der Waals surface area contributed by atoms with Crippen molar-refractivity contribution in [3.05, 3.63) is 83.9 Å². The van der Waals surface area contributed by atoms with E-state index >= 15 is 0 Å². The average molecular weight is 478 g/mol. The molecule has 1 amide bonds. The van der Waals surface area contributed by atoms with Crippen LogP contribution >= 0.6 is 0 Å². The number of benzene rings is 3. The Hall–Kier alpha value is -3.93. The molecule has 0 saturated heterocycles. The Kier molecular flexibility index (Phi) is 5.80. The fourth-order valence-electron chi connectivity index (χ4n) is 5.72. The summed E-state index contributed by atoms with van der Waals surface area (Å²) >= 11 is 0. The number of carbonyl (C=O) groups is 1. The SMILES string of the molecule is CN(C)c1nc(NC2CCC(C(=O)NC3c4ccccc4-c4ccccc43)CC2)nc2ccccc12. The molecule has 2 N–H and O–H groups in total. The zero-order valence-corrected chi connectivity index (χ0v) is 20.7. The van der Waals surface area contributed by atoms with Gasteiger partial charge in [-0.1, -0.05) is 60.7 Å². The van der Waals surface area contributed by atoms with Crippen LogP contribution in [0.2, 0.25) is 0 Å². The Balaban J connectivity index is 1.12. The number of nitrogens with zero attached hydrogens (tertiary/aromatic N) is 3. The Labute approximate surface area is 211 Å². The van der Waals surface area contributed by atoms with Crippen LogP contribution in [-0.2, 0) is 4.79 Å². The molecule has 0 bridgehead atoms. The molecule has 2 aliphatic rings. The molecule has 0 atom stereocenters. The van der Waals surface area contributed by atoms with Crippen molar-refractivity contribution in [3.8, 4) is 11.1 Å². The smallest absolute Gasteiger partial charge is 0.225 e. The zero-order chi connectivity index (χ0) is 24.6. The van der Waals surface area contributed by atoms with Crippen molar-refractivity contribution in [1.29, 1.82) is 0 Å². The van der Waals surface area contributed by atoms with Crippen LogP contribution in [0.4, 0.5) is 11.8 Å². The highest BCUT2D eigenvalue weighted by Gasteiger charge is 2.33. The van der Waals surface area contributed by atoms with Crippen LogP contribution in [0, 0.1) is 5.92 Å². The lowest BCUT2D eigenvalue weighted by Crippen LogP contribution is -2.37. The first-order valence-electron chi connectivity index (χ1n) is 12.8. The predicted molar refractivity (Wildman–Crippen MR) is 145 cm³/mol. The molecule has 4 aromatic rings. The molecule has 6 nitrogen and oxygen atoms in total. The van der Waals surface area contributed by atoms with Crippen LogP contribution in [0.1, 0.15) is 42.9 Å². The highest BCUT2D eigenvalue weighted by atomic mass is 16.1. The van der Waals surface area contributed by atoms with E-state index in [0.29, 0.717) is 5.95 Å². The van der Waals surface area contributed by atoms with E-state index in [1.165, 1.54) is 22.3 Å². The molecule has 1 aromatic heterocycles. The second kappa shape index (κ2) is 9.26. The van der Waals surface area contributed by atoms with Crippen molar-refractivity contribution in [2.24, 2.45) is 5.92 Å². The van der Waals surface area contributed by atoms with Gasteiger partial charge in [-0.15, -0.1) is 0 Å². The second-order valence-electron chi connectivity index (χ2n) is 10.1. The molecule has 1 saturated carbocycles. The third kappa shape index (κ3) is 4.06. The topological polar surface area (TPSA) is 70.2 Å². The van der Waals surface area contributed by atoms with Crippen LogP contribution in [0.15, 0.2) is 72.8 Å². The molecule has 1 fully saturated rings. The van der Waals surface area contributed by atoms with E-state index in [-0.39, 0.29) is 23.9 Å². The first kappa shape index (κ1) is 22.5. The number of aromatic nitrogens is 2. The van der Waals surface area contributed by atoms with Crippen LogP contribution in [0.25, 0.3) is 22.0 Å². The van der Waals surface area contributed by atoms with Gasteiger partial charge in [-0.25, -0.2) is 4.98 Å². The highest BCUT2D eigenvalue weighted by Crippen LogP contribution is 2.43. The van der Waals surface area contributed by atoms with Crippen molar-refractivity contribution in [3.63, 3.8) is 0 Å². The summed E-state index contributed by atoms with van der Waals surface area (Å²) in [6.07, 6.45) is 3.55. The fraction of sp³-hybridized carbons (Fsp3) is 0.300. The molecule has 3 aromatic carbocycles. The molecule has 6 heteroatoms. The monoisotopic (exact) mass is 477 g/mol. The van der Waals surface area contributed by atoms with Gasteiger partial charge in [0, 0.05) is 31.4 Å². The molecule has 6 rings (SSSR count). The number of fused-ring (bicyclic) bond motifs is 4. The molecule has 0 spiro atoms. The number of hydrogen-bond acceptors (Lipinski definition) is 5. The summed E-state index contributed by atoms with van der Waals surface area (Å²) in [7, 11) is 4.01. The van der Waals surface area contributed by atoms with Crippen molar-refractivity contribution in [2.75, 3.05) is 24.3 Å². The largest absolute Gasteiger partial charge is 0.362 e. The quantitative estimate of drug-likeness (QED) is 0.394.